The molecule has 2 unspecified atom stereocenters. The van der Waals surface area contributed by atoms with Crippen LogP contribution in [-0.2, 0) is 14.9 Å². The number of rotatable bonds is 36. The van der Waals surface area contributed by atoms with E-state index in [4.69, 9.17) is 0 Å². The predicted molar refractivity (Wildman–Crippen MR) is 212 cm³/mol. The Morgan fingerprint density at radius 2 is 0.878 bits per heavy atom. The molecule has 0 aliphatic rings. The fourth-order valence-corrected chi connectivity index (χ4v) is 6.62. The number of allylic oxidation sites excluding steroid dienone is 7. The molecule has 6 nitrogen and oxygen atoms in total. The van der Waals surface area contributed by atoms with Crippen LogP contribution in [0.2, 0.25) is 0 Å². The standard InChI is InChI=1S/C42H77NO5S/c1-3-5-7-9-11-13-15-17-18-19-20-21-22-23-24-26-27-29-31-33-35-37-41(44)40(39-49(46,47)48)43-42(45)38-36-34-32-30-28-25-16-14-12-10-8-6-4-2/h14,16,22-23,27,29,35,37,40-41,44H,3-13,15,17-21,24-26,28,30-34,36,38-39H2,1-2H3,(H,43,45)(H,46,47,48)/b16-14-,23-22+,29-27+,37-35+. The van der Waals surface area contributed by atoms with Gasteiger partial charge in [-0.05, 0) is 70.6 Å². The van der Waals surface area contributed by atoms with Crippen LogP contribution in [0.3, 0.4) is 0 Å². The third-order valence-electron chi connectivity index (χ3n) is 8.96. The molecule has 0 radical (unpaired) electrons. The van der Waals surface area contributed by atoms with Crippen molar-refractivity contribution in [1.29, 1.82) is 0 Å². The van der Waals surface area contributed by atoms with Crippen molar-refractivity contribution in [3.05, 3.63) is 48.6 Å². The van der Waals surface area contributed by atoms with Crippen molar-refractivity contribution in [2.24, 2.45) is 0 Å². The molecule has 0 aromatic carbocycles. The second kappa shape index (κ2) is 36.1. The molecule has 0 heterocycles. The van der Waals surface area contributed by atoms with Gasteiger partial charge in [-0.1, -0.05) is 165 Å². The molecule has 0 saturated heterocycles. The molecule has 0 rings (SSSR count). The second-order valence-electron chi connectivity index (χ2n) is 13.9. The summed E-state index contributed by atoms with van der Waals surface area (Å²) in [5.41, 5.74) is 0. The highest BCUT2D eigenvalue weighted by Gasteiger charge is 2.24. The summed E-state index contributed by atoms with van der Waals surface area (Å²) in [7, 11) is -4.36. The maximum absolute atomic E-state index is 12.5. The Labute approximate surface area is 303 Å². The molecule has 0 spiro atoms. The maximum atomic E-state index is 12.5. The van der Waals surface area contributed by atoms with Crippen molar-refractivity contribution >= 4 is 16.0 Å². The normalized spacial score (nSPS) is 13.8. The number of aliphatic hydroxyl groups is 1. The summed E-state index contributed by atoms with van der Waals surface area (Å²) >= 11 is 0. The Bertz CT molecular complexity index is 956. The molecular weight excluding hydrogens is 631 g/mol. The van der Waals surface area contributed by atoms with Crippen molar-refractivity contribution in [2.75, 3.05) is 5.75 Å². The minimum absolute atomic E-state index is 0.273. The first-order valence-electron chi connectivity index (χ1n) is 20.3. The average Bonchev–Trinajstić information content (AvgIpc) is 3.06. The number of carbonyl (C=O) groups is 1. The molecule has 0 aromatic heterocycles. The second-order valence-corrected chi connectivity index (χ2v) is 15.4. The molecule has 0 saturated carbocycles. The molecule has 286 valence electrons. The van der Waals surface area contributed by atoms with E-state index in [0.717, 1.165) is 51.4 Å². The summed E-state index contributed by atoms with van der Waals surface area (Å²) in [5.74, 6) is -1.02. The third kappa shape index (κ3) is 37.4. The van der Waals surface area contributed by atoms with Gasteiger partial charge in [0.15, 0.2) is 0 Å². The zero-order chi connectivity index (χ0) is 36.1. The molecule has 0 aliphatic carbocycles. The number of carbonyl (C=O) groups excluding carboxylic acids is 1. The Balaban J connectivity index is 4.01. The highest BCUT2D eigenvalue weighted by atomic mass is 32.2. The summed E-state index contributed by atoms with van der Waals surface area (Å²) in [6.45, 7) is 4.50. The van der Waals surface area contributed by atoms with Gasteiger partial charge in [-0.25, -0.2) is 0 Å². The van der Waals surface area contributed by atoms with Gasteiger partial charge in [0, 0.05) is 6.42 Å². The van der Waals surface area contributed by atoms with E-state index in [1.165, 1.54) is 115 Å². The van der Waals surface area contributed by atoms with Crippen LogP contribution in [0.1, 0.15) is 194 Å². The molecule has 1 amide bonds. The molecular formula is C42H77NO5S. The Hall–Kier alpha value is -1.70. The monoisotopic (exact) mass is 708 g/mol. The molecule has 0 fully saturated rings. The van der Waals surface area contributed by atoms with Crippen molar-refractivity contribution < 1.29 is 22.9 Å². The topological polar surface area (TPSA) is 104 Å². The molecule has 0 aliphatic heterocycles. The lowest BCUT2D eigenvalue weighted by Gasteiger charge is -2.21. The van der Waals surface area contributed by atoms with Crippen molar-refractivity contribution in [3.63, 3.8) is 0 Å². The summed E-state index contributed by atoms with van der Waals surface area (Å²) in [6, 6.07) is -1.08. The van der Waals surface area contributed by atoms with Crippen LogP contribution < -0.4 is 5.32 Å². The van der Waals surface area contributed by atoms with Gasteiger partial charge in [-0.2, -0.15) is 8.42 Å². The zero-order valence-corrected chi connectivity index (χ0v) is 32.6. The molecule has 0 aromatic rings. The smallest absolute Gasteiger partial charge is 0.267 e. The van der Waals surface area contributed by atoms with E-state index in [2.05, 4.69) is 55.6 Å². The fourth-order valence-electron chi connectivity index (χ4n) is 5.89. The van der Waals surface area contributed by atoms with Crippen LogP contribution in [0.15, 0.2) is 48.6 Å². The quantitative estimate of drug-likeness (QED) is 0.0342. The minimum Gasteiger partial charge on any atom is -0.387 e. The van der Waals surface area contributed by atoms with E-state index in [0.29, 0.717) is 12.8 Å². The van der Waals surface area contributed by atoms with Crippen molar-refractivity contribution in [3.8, 4) is 0 Å². The zero-order valence-electron chi connectivity index (χ0n) is 31.8. The van der Waals surface area contributed by atoms with E-state index < -0.39 is 28.0 Å². The summed E-state index contributed by atoms with van der Waals surface area (Å²) < 4.78 is 32.4. The highest BCUT2D eigenvalue weighted by molar-refractivity contribution is 7.85. The number of hydrogen-bond donors (Lipinski definition) is 3. The van der Waals surface area contributed by atoms with E-state index in [9.17, 15) is 22.9 Å². The van der Waals surface area contributed by atoms with Crippen LogP contribution in [-0.4, -0.2) is 41.9 Å². The Morgan fingerprint density at radius 3 is 1.31 bits per heavy atom. The molecule has 49 heavy (non-hydrogen) atoms. The number of hydrogen-bond acceptors (Lipinski definition) is 4. The van der Waals surface area contributed by atoms with Gasteiger partial charge in [0.25, 0.3) is 10.1 Å². The van der Waals surface area contributed by atoms with Gasteiger partial charge < -0.3 is 10.4 Å². The predicted octanol–water partition coefficient (Wildman–Crippen LogP) is 11.9. The van der Waals surface area contributed by atoms with Crippen LogP contribution >= 0.6 is 0 Å². The van der Waals surface area contributed by atoms with Crippen molar-refractivity contribution in [1.82, 2.24) is 5.32 Å². The summed E-state index contributed by atoms with van der Waals surface area (Å²) in [5, 5.41) is 13.2. The lowest BCUT2D eigenvalue weighted by molar-refractivity contribution is -0.122. The van der Waals surface area contributed by atoms with Crippen LogP contribution in [0.5, 0.6) is 0 Å². The van der Waals surface area contributed by atoms with E-state index in [1.807, 2.05) is 0 Å². The van der Waals surface area contributed by atoms with Gasteiger partial charge >= 0.3 is 0 Å². The van der Waals surface area contributed by atoms with E-state index in [1.54, 1.807) is 6.08 Å². The van der Waals surface area contributed by atoms with Crippen LogP contribution in [0, 0.1) is 0 Å². The van der Waals surface area contributed by atoms with E-state index >= 15 is 0 Å². The first kappa shape index (κ1) is 47.3. The first-order valence-corrected chi connectivity index (χ1v) is 21.9. The number of aliphatic hydroxyl groups excluding tert-OH is 1. The lowest BCUT2D eigenvalue weighted by Crippen LogP contribution is -2.46. The first-order chi connectivity index (χ1) is 23.8. The highest BCUT2D eigenvalue weighted by Crippen LogP contribution is 2.13. The van der Waals surface area contributed by atoms with Crippen molar-refractivity contribution in [2.45, 2.75) is 206 Å². The Morgan fingerprint density at radius 1 is 0.531 bits per heavy atom. The largest absolute Gasteiger partial charge is 0.387 e. The van der Waals surface area contributed by atoms with Gasteiger partial charge in [0.1, 0.15) is 0 Å². The minimum atomic E-state index is -4.36. The van der Waals surface area contributed by atoms with Gasteiger partial charge in [-0.15, -0.1) is 0 Å². The van der Waals surface area contributed by atoms with Gasteiger partial charge in [0.05, 0.1) is 17.9 Å². The molecule has 3 N–H and O–H groups in total. The van der Waals surface area contributed by atoms with Crippen LogP contribution in [0.4, 0.5) is 0 Å². The van der Waals surface area contributed by atoms with Crippen LogP contribution in [0.25, 0.3) is 0 Å². The molecule has 0 bridgehead atoms. The van der Waals surface area contributed by atoms with Gasteiger partial charge in [-0.3, -0.25) is 9.35 Å². The number of unbranched alkanes of at least 4 members (excludes halogenated alkanes) is 22. The average molecular weight is 708 g/mol. The Kier molecular flexibility index (Phi) is 34.9. The molecule has 7 heteroatoms. The lowest BCUT2D eigenvalue weighted by atomic mass is 10.1. The van der Waals surface area contributed by atoms with E-state index in [-0.39, 0.29) is 12.3 Å². The number of nitrogens with one attached hydrogen (secondary N) is 1. The summed E-state index contributed by atoms with van der Waals surface area (Å²) in [6.07, 6.45) is 48.2. The fraction of sp³-hybridized carbons (Fsp3) is 0.786. The maximum Gasteiger partial charge on any atom is 0.267 e. The SMILES string of the molecule is CCCCCC/C=C\CCCCCCCC(=O)NC(CS(=O)(=O)O)C(O)/C=C/CC/C=C/CC/C=C/CCCCCCCCCCCCC. The number of amides is 1. The van der Waals surface area contributed by atoms with Gasteiger partial charge in [0.2, 0.25) is 5.91 Å². The summed E-state index contributed by atoms with van der Waals surface area (Å²) in [4.78, 5) is 12.5. The third-order valence-corrected chi connectivity index (χ3v) is 9.74. The molecule has 2 atom stereocenters.